The van der Waals surface area contributed by atoms with Crippen LogP contribution in [0.25, 0.3) is 11.0 Å². The van der Waals surface area contributed by atoms with E-state index in [0.29, 0.717) is 18.9 Å². The number of nitrogen functional groups attached to an aromatic ring is 1. The van der Waals surface area contributed by atoms with Crippen molar-refractivity contribution in [2.24, 2.45) is 0 Å². The number of aromatic nitrogens is 2. The number of hydrogen-bond acceptors (Lipinski definition) is 4. The fraction of sp³-hybridized carbons (Fsp3) is 0.235. The quantitative estimate of drug-likeness (QED) is 0.541. The first-order valence-corrected chi connectivity index (χ1v) is 7.28. The first-order valence-electron chi connectivity index (χ1n) is 7.28. The van der Waals surface area contributed by atoms with E-state index in [4.69, 9.17) is 15.2 Å². The molecule has 0 fully saturated rings. The van der Waals surface area contributed by atoms with Crippen LogP contribution in [0.3, 0.4) is 0 Å². The van der Waals surface area contributed by atoms with E-state index in [0.717, 1.165) is 34.8 Å². The maximum absolute atomic E-state index is 5.73. The number of nitrogens with zero attached hydrogens (tertiary/aromatic N) is 1. The third-order valence-electron chi connectivity index (χ3n) is 3.26. The van der Waals surface area contributed by atoms with Gasteiger partial charge in [-0.05, 0) is 31.2 Å². The molecule has 0 atom stereocenters. The van der Waals surface area contributed by atoms with Gasteiger partial charge in [-0.1, -0.05) is 6.07 Å². The first kappa shape index (κ1) is 14.3. The average Bonchev–Trinajstić information content (AvgIpc) is 2.86. The number of nitrogens with two attached hydrogens (primary N) is 1. The van der Waals surface area contributed by atoms with Crippen LogP contribution in [-0.2, 0) is 0 Å². The monoisotopic (exact) mass is 297 g/mol. The highest BCUT2D eigenvalue weighted by molar-refractivity contribution is 5.76. The van der Waals surface area contributed by atoms with Gasteiger partial charge in [0.25, 0.3) is 0 Å². The van der Waals surface area contributed by atoms with Crippen molar-refractivity contribution in [3.63, 3.8) is 0 Å². The summed E-state index contributed by atoms with van der Waals surface area (Å²) in [5, 5.41) is 0. The molecule has 0 bridgehead atoms. The number of aryl methyl sites for hydroxylation is 1. The van der Waals surface area contributed by atoms with Gasteiger partial charge < -0.3 is 20.2 Å². The first-order chi connectivity index (χ1) is 10.7. The van der Waals surface area contributed by atoms with Crippen LogP contribution in [0.15, 0.2) is 42.5 Å². The van der Waals surface area contributed by atoms with Crippen molar-refractivity contribution < 1.29 is 9.47 Å². The van der Waals surface area contributed by atoms with Crippen molar-refractivity contribution in [1.82, 2.24) is 9.97 Å². The van der Waals surface area contributed by atoms with Crippen LogP contribution in [0.2, 0.25) is 0 Å². The van der Waals surface area contributed by atoms with E-state index in [1.807, 2.05) is 49.4 Å². The van der Waals surface area contributed by atoms with E-state index in [9.17, 15) is 0 Å². The third-order valence-corrected chi connectivity index (χ3v) is 3.26. The maximum Gasteiger partial charge on any atom is 0.121 e. The zero-order valence-electron chi connectivity index (χ0n) is 12.5. The van der Waals surface area contributed by atoms with Gasteiger partial charge in [0.15, 0.2) is 0 Å². The Balaban J connectivity index is 1.46. The van der Waals surface area contributed by atoms with Crippen molar-refractivity contribution >= 4 is 16.7 Å². The zero-order valence-corrected chi connectivity index (χ0v) is 12.5. The van der Waals surface area contributed by atoms with Crippen LogP contribution in [0, 0.1) is 6.92 Å². The van der Waals surface area contributed by atoms with E-state index in [2.05, 4.69) is 9.97 Å². The fourth-order valence-electron chi connectivity index (χ4n) is 2.25. The summed E-state index contributed by atoms with van der Waals surface area (Å²) in [6, 6.07) is 13.3. The Hall–Kier alpha value is -2.69. The molecular formula is C17H19N3O2. The minimum atomic E-state index is 0.592. The summed E-state index contributed by atoms with van der Waals surface area (Å²) in [4.78, 5) is 7.56. The van der Waals surface area contributed by atoms with Gasteiger partial charge in [0.1, 0.15) is 17.3 Å². The van der Waals surface area contributed by atoms with Crippen molar-refractivity contribution in [2.75, 3.05) is 18.9 Å². The summed E-state index contributed by atoms with van der Waals surface area (Å²) in [6.07, 6.45) is 0.800. The molecule has 0 radical (unpaired) electrons. The second-order valence-corrected chi connectivity index (χ2v) is 5.12. The molecule has 1 aromatic heterocycles. The van der Waals surface area contributed by atoms with Gasteiger partial charge in [-0.3, -0.25) is 0 Å². The number of benzene rings is 2. The Labute approximate surface area is 129 Å². The van der Waals surface area contributed by atoms with E-state index in [-0.39, 0.29) is 0 Å². The molecule has 0 aliphatic carbocycles. The normalized spacial score (nSPS) is 10.8. The van der Waals surface area contributed by atoms with Crippen molar-refractivity contribution in [1.29, 1.82) is 0 Å². The van der Waals surface area contributed by atoms with Gasteiger partial charge >= 0.3 is 0 Å². The predicted molar refractivity (Wildman–Crippen MR) is 87.3 cm³/mol. The molecule has 5 heteroatoms. The molecule has 0 aliphatic rings. The highest BCUT2D eigenvalue weighted by atomic mass is 16.5. The summed E-state index contributed by atoms with van der Waals surface area (Å²) in [7, 11) is 0. The molecule has 0 unspecified atom stereocenters. The van der Waals surface area contributed by atoms with Gasteiger partial charge in [0, 0.05) is 24.2 Å². The SMILES string of the molecule is Cc1nc2ccc(OCCCOc3cccc(N)c3)cc2[nH]1. The lowest BCUT2D eigenvalue weighted by Gasteiger charge is -2.08. The summed E-state index contributed by atoms with van der Waals surface area (Å²) in [5.74, 6) is 2.53. The standard InChI is InChI=1S/C17H19N3O2/c1-12-19-16-7-6-15(11-17(16)20-12)22-9-3-8-21-14-5-2-4-13(18)10-14/h2,4-7,10-11H,3,8-9,18H2,1H3,(H,19,20). The molecule has 0 saturated carbocycles. The summed E-state index contributed by atoms with van der Waals surface area (Å²) in [5.41, 5.74) is 8.35. The Morgan fingerprint density at radius 2 is 1.82 bits per heavy atom. The Bertz CT molecular complexity index is 767. The number of rotatable bonds is 6. The molecular weight excluding hydrogens is 278 g/mol. The Morgan fingerprint density at radius 3 is 2.59 bits per heavy atom. The molecule has 5 nitrogen and oxygen atoms in total. The Kier molecular flexibility index (Phi) is 4.14. The number of ether oxygens (including phenoxy) is 2. The lowest BCUT2D eigenvalue weighted by molar-refractivity contribution is 0.247. The topological polar surface area (TPSA) is 73.2 Å². The van der Waals surface area contributed by atoms with Crippen LogP contribution < -0.4 is 15.2 Å². The molecule has 3 N–H and O–H groups in total. The molecule has 114 valence electrons. The average molecular weight is 297 g/mol. The molecule has 1 heterocycles. The second kappa shape index (κ2) is 6.39. The number of nitrogens with one attached hydrogen (secondary N) is 1. The number of imidazole rings is 1. The molecule has 0 saturated heterocycles. The minimum Gasteiger partial charge on any atom is -0.493 e. The molecule has 2 aromatic carbocycles. The number of anilines is 1. The van der Waals surface area contributed by atoms with Crippen LogP contribution in [0.4, 0.5) is 5.69 Å². The molecule has 3 rings (SSSR count). The van der Waals surface area contributed by atoms with E-state index in [1.54, 1.807) is 0 Å². The van der Waals surface area contributed by atoms with E-state index < -0.39 is 0 Å². The number of fused-ring (bicyclic) bond motifs is 1. The second-order valence-electron chi connectivity index (χ2n) is 5.12. The van der Waals surface area contributed by atoms with E-state index in [1.165, 1.54) is 0 Å². The van der Waals surface area contributed by atoms with Crippen molar-refractivity contribution in [3.05, 3.63) is 48.3 Å². The molecule has 0 aliphatic heterocycles. The molecule has 0 amide bonds. The smallest absolute Gasteiger partial charge is 0.121 e. The molecule has 3 aromatic rings. The largest absolute Gasteiger partial charge is 0.493 e. The van der Waals surface area contributed by atoms with Gasteiger partial charge in [0.05, 0.1) is 24.2 Å². The van der Waals surface area contributed by atoms with Gasteiger partial charge in [0.2, 0.25) is 0 Å². The molecule has 0 spiro atoms. The number of hydrogen-bond donors (Lipinski definition) is 2. The maximum atomic E-state index is 5.73. The number of H-pyrrole nitrogens is 1. The Morgan fingerprint density at radius 1 is 1.05 bits per heavy atom. The van der Waals surface area contributed by atoms with Crippen LogP contribution in [0.1, 0.15) is 12.2 Å². The lowest BCUT2D eigenvalue weighted by atomic mass is 10.3. The highest BCUT2D eigenvalue weighted by Gasteiger charge is 2.01. The van der Waals surface area contributed by atoms with Crippen LogP contribution in [0.5, 0.6) is 11.5 Å². The fourth-order valence-corrected chi connectivity index (χ4v) is 2.25. The van der Waals surface area contributed by atoms with Gasteiger partial charge in [-0.25, -0.2) is 4.98 Å². The van der Waals surface area contributed by atoms with E-state index >= 15 is 0 Å². The van der Waals surface area contributed by atoms with Gasteiger partial charge in [-0.15, -0.1) is 0 Å². The summed E-state index contributed by atoms with van der Waals surface area (Å²) in [6.45, 7) is 3.13. The number of aromatic amines is 1. The molecule has 22 heavy (non-hydrogen) atoms. The van der Waals surface area contributed by atoms with Crippen molar-refractivity contribution in [2.45, 2.75) is 13.3 Å². The lowest BCUT2D eigenvalue weighted by Crippen LogP contribution is -2.05. The summed E-state index contributed by atoms with van der Waals surface area (Å²) >= 11 is 0. The van der Waals surface area contributed by atoms with Crippen molar-refractivity contribution in [3.8, 4) is 11.5 Å². The van der Waals surface area contributed by atoms with Gasteiger partial charge in [-0.2, -0.15) is 0 Å². The zero-order chi connectivity index (χ0) is 15.4. The predicted octanol–water partition coefficient (Wildman–Crippen LogP) is 3.30. The van der Waals surface area contributed by atoms with Crippen LogP contribution >= 0.6 is 0 Å². The minimum absolute atomic E-state index is 0.592. The van der Waals surface area contributed by atoms with Crippen LogP contribution in [-0.4, -0.2) is 23.2 Å². The highest BCUT2D eigenvalue weighted by Crippen LogP contribution is 2.19. The summed E-state index contributed by atoms with van der Waals surface area (Å²) < 4.78 is 11.4. The third kappa shape index (κ3) is 3.49.